The Bertz CT molecular complexity index is 529. The normalized spacial score (nSPS) is 13.5. The van der Waals surface area contributed by atoms with Crippen molar-refractivity contribution in [3.05, 3.63) is 18.2 Å². The molecule has 1 aliphatic heterocycles. The van der Waals surface area contributed by atoms with Crippen LogP contribution in [0.5, 0.6) is 17.2 Å². The van der Waals surface area contributed by atoms with Crippen molar-refractivity contribution < 1.29 is 22.6 Å². The van der Waals surface area contributed by atoms with Crippen LogP contribution in [0, 0.1) is 0 Å². The van der Waals surface area contributed by atoms with E-state index in [1.807, 2.05) is 6.92 Å². The van der Waals surface area contributed by atoms with Crippen molar-refractivity contribution >= 4 is 10.0 Å². The summed E-state index contributed by atoms with van der Waals surface area (Å²) in [5.74, 6) is 2.09. The van der Waals surface area contributed by atoms with Gasteiger partial charge >= 0.3 is 0 Å². The van der Waals surface area contributed by atoms with Gasteiger partial charge in [0, 0.05) is 12.6 Å². The van der Waals surface area contributed by atoms with Crippen molar-refractivity contribution in [2.45, 2.75) is 13.3 Å². The van der Waals surface area contributed by atoms with Gasteiger partial charge in [-0.25, -0.2) is 13.1 Å². The van der Waals surface area contributed by atoms with Crippen molar-refractivity contribution in [2.75, 3.05) is 25.7 Å². The van der Waals surface area contributed by atoms with E-state index >= 15 is 0 Å². The van der Waals surface area contributed by atoms with Gasteiger partial charge in [-0.1, -0.05) is 6.92 Å². The molecule has 106 valence electrons. The summed E-state index contributed by atoms with van der Waals surface area (Å²) in [6, 6.07) is 5.25. The molecular weight excluding hydrogens is 270 g/mol. The van der Waals surface area contributed by atoms with Gasteiger partial charge in [-0.15, -0.1) is 0 Å². The van der Waals surface area contributed by atoms with Gasteiger partial charge in [0.05, 0.1) is 5.75 Å². The molecule has 2 rings (SSSR count). The number of hydrogen-bond donors (Lipinski definition) is 1. The van der Waals surface area contributed by atoms with Gasteiger partial charge in [0.2, 0.25) is 16.8 Å². The quantitative estimate of drug-likeness (QED) is 0.761. The van der Waals surface area contributed by atoms with Crippen molar-refractivity contribution in [1.82, 2.24) is 4.72 Å². The first-order valence-corrected chi connectivity index (χ1v) is 7.76. The van der Waals surface area contributed by atoms with E-state index in [0.717, 1.165) is 0 Å². The van der Waals surface area contributed by atoms with Crippen LogP contribution in [0.1, 0.15) is 13.3 Å². The molecule has 0 fully saturated rings. The van der Waals surface area contributed by atoms with E-state index in [9.17, 15) is 8.42 Å². The van der Waals surface area contributed by atoms with E-state index in [2.05, 4.69) is 4.72 Å². The molecule has 0 aromatic heterocycles. The molecule has 6 nitrogen and oxygen atoms in total. The minimum absolute atomic E-state index is 0.136. The fourth-order valence-electron chi connectivity index (χ4n) is 1.67. The predicted molar refractivity (Wildman–Crippen MR) is 70.1 cm³/mol. The maximum Gasteiger partial charge on any atom is 0.231 e. The average Bonchev–Trinajstić information content (AvgIpc) is 2.82. The van der Waals surface area contributed by atoms with Crippen LogP contribution in [-0.2, 0) is 10.0 Å². The first-order chi connectivity index (χ1) is 9.11. The molecule has 1 aliphatic rings. The second-order valence-corrected chi connectivity index (χ2v) is 6.00. The van der Waals surface area contributed by atoms with Gasteiger partial charge in [-0.2, -0.15) is 0 Å². The third kappa shape index (κ3) is 4.00. The molecule has 1 heterocycles. The van der Waals surface area contributed by atoms with Gasteiger partial charge in [-0.3, -0.25) is 0 Å². The Morgan fingerprint density at radius 3 is 2.89 bits per heavy atom. The van der Waals surface area contributed by atoms with Crippen molar-refractivity contribution in [1.29, 1.82) is 0 Å². The van der Waals surface area contributed by atoms with E-state index in [0.29, 0.717) is 23.7 Å². The third-order valence-corrected chi connectivity index (χ3v) is 4.10. The highest BCUT2D eigenvalue weighted by molar-refractivity contribution is 7.89. The lowest BCUT2D eigenvalue weighted by Gasteiger charge is -2.08. The minimum Gasteiger partial charge on any atom is -0.492 e. The summed E-state index contributed by atoms with van der Waals surface area (Å²) in [5.41, 5.74) is 0. The molecule has 0 amide bonds. The molecule has 0 atom stereocenters. The van der Waals surface area contributed by atoms with Gasteiger partial charge in [0.15, 0.2) is 11.5 Å². The lowest BCUT2D eigenvalue weighted by molar-refractivity contribution is 0.173. The number of ether oxygens (including phenoxy) is 3. The number of hydrogen-bond acceptors (Lipinski definition) is 5. The molecule has 0 radical (unpaired) electrons. The Hall–Kier alpha value is -1.47. The zero-order valence-electron chi connectivity index (χ0n) is 10.7. The fourth-order valence-corrected chi connectivity index (χ4v) is 2.75. The van der Waals surface area contributed by atoms with E-state index in [4.69, 9.17) is 14.2 Å². The van der Waals surface area contributed by atoms with Crippen LogP contribution in [0.2, 0.25) is 0 Å². The summed E-state index contributed by atoms with van der Waals surface area (Å²) in [4.78, 5) is 0. The molecule has 0 spiro atoms. The van der Waals surface area contributed by atoms with Crippen LogP contribution >= 0.6 is 0 Å². The molecule has 0 saturated carbocycles. The molecule has 0 unspecified atom stereocenters. The van der Waals surface area contributed by atoms with Crippen molar-refractivity contribution in [3.8, 4) is 17.2 Å². The van der Waals surface area contributed by atoms with Crippen LogP contribution in [0.15, 0.2) is 18.2 Å². The summed E-state index contributed by atoms with van der Waals surface area (Å²) < 4.78 is 41.1. The standard InChI is InChI=1S/C12H17NO5S/c1-2-7-19(14,15)13-5-6-16-10-3-4-11-12(8-10)18-9-17-11/h3-4,8,13H,2,5-7,9H2,1H3. The number of nitrogens with one attached hydrogen (secondary N) is 1. The fraction of sp³-hybridized carbons (Fsp3) is 0.500. The second-order valence-electron chi connectivity index (χ2n) is 4.08. The summed E-state index contributed by atoms with van der Waals surface area (Å²) in [6.07, 6.45) is 0.596. The number of benzene rings is 1. The number of rotatable bonds is 7. The third-order valence-electron chi connectivity index (χ3n) is 2.51. The Kier molecular flexibility index (Phi) is 4.49. The molecule has 1 aromatic carbocycles. The smallest absolute Gasteiger partial charge is 0.231 e. The topological polar surface area (TPSA) is 73.9 Å². The zero-order chi connectivity index (χ0) is 13.7. The van der Waals surface area contributed by atoms with E-state index < -0.39 is 10.0 Å². The van der Waals surface area contributed by atoms with Crippen LogP contribution < -0.4 is 18.9 Å². The maximum absolute atomic E-state index is 11.4. The van der Waals surface area contributed by atoms with E-state index in [1.54, 1.807) is 18.2 Å². The van der Waals surface area contributed by atoms with E-state index in [-0.39, 0.29) is 25.7 Å². The van der Waals surface area contributed by atoms with Gasteiger partial charge in [0.1, 0.15) is 12.4 Å². The molecule has 19 heavy (non-hydrogen) atoms. The van der Waals surface area contributed by atoms with Crippen LogP contribution in [-0.4, -0.2) is 34.1 Å². The molecule has 0 saturated heterocycles. The maximum atomic E-state index is 11.4. The van der Waals surface area contributed by atoms with Crippen molar-refractivity contribution in [2.24, 2.45) is 0 Å². The van der Waals surface area contributed by atoms with Gasteiger partial charge < -0.3 is 14.2 Å². The lowest BCUT2D eigenvalue weighted by Crippen LogP contribution is -2.30. The molecule has 1 N–H and O–H groups in total. The zero-order valence-corrected chi connectivity index (χ0v) is 11.5. The van der Waals surface area contributed by atoms with E-state index in [1.165, 1.54) is 0 Å². The van der Waals surface area contributed by atoms with Gasteiger partial charge in [-0.05, 0) is 18.6 Å². The first-order valence-electron chi connectivity index (χ1n) is 6.10. The first kappa shape index (κ1) is 14.0. The second kappa shape index (κ2) is 6.12. The van der Waals surface area contributed by atoms with Gasteiger partial charge in [0.25, 0.3) is 0 Å². The van der Waals surface area contributed by atoms with Crippen LogP contribution in [0.3, 0.4) is 0 Å². The molecule has 1 aromatic rings. The summed E-state index contributed by atoms with van der Waals surface area (Å²) in [7, 11) is -3.17. The Morgan fingerprint density at radius 2 is 2.11 bits per heavy atom. The SMILES string of the molecule is CCCS(=O)(=O)NCCOc1ccc2c(c1)OCO2. The highest BCUT2D eigenvalue weighted by atomic mass is 32.2. The Labute approximate surface area is 112 Å². The predicted octanol–water partition coefficient (Wildman–Crippen LogP) is 1.12. The molecule has 0 aliphatic carbocycles. The van der Waals surface area contributed by atoms with Crippen LogP contribution in [0.4, 0.5) is 0 Å². The lowest BCUT2D eigenvalue weighted by atomic mass is 10.3. The molecule has 0 bridgehead atoms. The highest BCUT2D eigenvalue weighted by Gasteiger charge is 2.13. The Morgan fingerprint density at radius 1 is 1.32 bits per heavy atom. The van der Waals surface area contributed by atoms with Crippen LogP contribution in [0.25, 0.3) is 0 Å². The monoisotopic (exact) mass is 287 g/mol. The molecule has 7 heteroatoms. The summed E-state index contributed by atoms with van der Waals surface area (Å²) in [5, 5.41) is 0. The Balaban J connectivity index is 1.77. The summed E-state index contributed by atoms with van der Waals surface area (Å²) in [6.45, 7) is 2.55. The molecular formula is C12H17NO5S. The number of sulfonamides is 1. The average molecular weight is 287 g/mol. The highest BCUT2D eigenvalue weighted by Crippen LogP contribution is 2.34. The number of fused-ring (bicyclic) bond motifs is 1. The largest absolute Gasteiger partial charge is 0.492 e. The minimum atomic E-state index is -3.17. The van der Waals surface area contributed by atoms with Crippen molar-refractivity contribution in [3.63, 3.8) is 0 Å². The summed E-state index contributed by atoms with van der Waals surface area (Å²) >= 11 is 0.